The van der Waals surface area contributed by atoms with Gasteiger partial charge in [0.05, 0.1) is 5.69 Å². The summed E-state index contributed by atoms with van der Waals surface area (Å²) in [6.45, 7) is 6.72. The molecule has 1 aromatic carbocycles. The molecule has 0 bridgehead atoms. The Balaban J connectivity index is 2.10. The van der Waals surface area contributed by atoms with Crippen LogP contribution in [0.2, 0.25) is 0 Å². The second kappa shape index (κ2) is 5.00. The van der Waals surface area contributed by atoms with Gasteiger partial charge in [0.1, 0.15) is 12.4 Å². The summed E-state index contributed by atoms with van der Waals surface area (Å²) in [6, 6.07) is 10.2. The van der Waals surface area contributed by atoms with Crippen molar-refractivity contribution >= 4 is 0 Å². The lowest BCUT2D eigenvalue weighted by Crippen LogP contribution is -2.00. The Kier molecular flexibility index (Phi) is 3.43. The molecule has 0 atom stereocenters. The number of aromatic nitrogens is 1. The Morgan fingerprint density at radius 3 is 2.41 bits per heavy atom. The molecule has 0 unspecified atom stereocenters. The van der Waals surface area contributed by atoms with Crippen LogP contribution in [0, 0.1) is 20.8 Å². The number of hydrogen-bond acceptors (Lipinski definition) is 2. The normalized spacial score (nSPS) is 10.3. The third kappa shape index (κ3) is 3.06. The Morgan fingerprint density at radius 1 is 1.06 bits per heavy atom. The van der Waals surface area contributed by atoms with E-state index in [1.54, 1.807) is 6.20 Å². The molecule has 0 N–H and O–H groups in total. The minimum Gasteiger partial charge on any atom is -0.487 e. The molecule has 2 aromatic rings. The molecule has 0 amide bonds. The van der Waals surface area contributed by atoms with Gasteiger partial charge < -0.3 is 4.74 Å². The SMILES string of the molecule is Cc1cc(C)cc(OCc2ncccc2C)c1. The number of benzene rings is 1. The molecule has 2 nitrogen and oxygen atoms in total. The van der Waals surface area contributed by atoms with Crippen molar-refractivity contribution in [1.29, 1.82) is 0 Å². The molecule has 0 saturated carbocycles. The summed E-state index contributed by atoms with van der Waals surface area (Å²) in [4.78, 5) is 4.31. The summed E-state index contributed by atoms with van der Waals surface area (Å²) in [5, 5.41) is 0. The maximum Gasteiger partial charge on any atom is 0.130 e. The van der Waals surface area contributed by atoms with E-state index >= 15 is 0 Å². The van der Waals surface area contributed by atoms with Crippen molar-refractivity contribution in [3.05, 3.63) is 58.9 Å². The van der Waals surface area contributed by atoms with Crippen LogP contribution in [0.1, 0.15) is 22.4 Å². The van der Waals surface area contributed by atoms with Crippen LogP contribution in [0.3, 0.4) is 0 Å². The van der Waals surface area contributed by atoms with Crippen molar-refractivity contribution in [1.82, 2.24) is 4.98 Å². The van der Waals surface area contributed by atoms with Crippen LogP contribution in [0.5, 0.6) is 5.75 Å². The third-order valence-electron chi connectivity index (χ3n) is 2.69. The van der Waals surface area contributed by atoms with Gasteiger partial charge in [-0.1, -0.05) is 12.1 Å². The van der Waals surface area contributed by atoms with E-state index in [0.717, 1.165) is 17.0 Å². The molecule has 0 spiro atoms. The van der Waals surface area contributed by atoms with Crippen molar-refractivity contribution in [2.75, 3.05) is 0 Å². The van der Waals surface area contributed by atoms with Gasteiger partial charge in [0, 0.05) is 6.20 Å². The van der Waals surface area contributed by atoms with E-state index in [2.05, 4.69) is 24.9 Å². The molecule has 0 fully saturated rings. The van der Waals surface area contributed by atoms with Gasteiger partial charge in [-0.2, -0.15) is 0 Å². The molecule has 88 valence electrons. The smallest absolute Gasteiger partial charge is 0.130 e. The fourth-order valence-corrected chi connectivity index (χ4v) is 1.84. The van der Waals surface area contributed by atoms with E-state index in [-0.39, 0.29) is 0 Å². The number of aryl methyl sites for hydroxylation is 3. The summed E-state index contributed by atoms with van der Waals surface area (Å²) in [5.41, 5.74) is 4.60. The van der Waals surface area contributed by atoms with E-state index in [0.29, 0.717) is 6.61 Å². The summed E-state index contributed by atoms with van der Waals surface area (Å²) in [7, 11) is 0. The van der Waals surface area contributed by atoms with E-state index in [9.17, 15) is 0 Å². The lowest BCUT2D eigenvalue weighted by Gasteiger charge is -2.09. The highest BCUT2D eigenvalue weighted by atomic mass is 16.5. The molecular weight excluding hydrogens is 210 g/mol. The topological polar surface area (TPSA) is 22.1 Å². The summed E-state index contributed by atoms with van der Waals surface area (Å²) in [5.74, 6) is 0.910. The first-order chi connectivity index (χ1) is 8.15. The Hall–Kier alpha value is -1.83. The van der Waals surface area contributed by atoms with Gasteiger partial charge in [-0.15, -0.1) is 0 Å². The minimum absolute atomic E-state index is 0.523. The molecule has 17 heavy (non-hydrogen) atoms. The molecule has 2 heteroatoms. The summed E-state index contributed by atoms with van der Waals surface area (Å²) >= 11 is 0. The van der Waals surface area contributed by atoms with Gasteiger partial charge in [-0.25, -0.2) is 0 Å². The second-order valence-electron chi connectivity index (χ2n) is 4.38. The average Bonchev–Trinajstić information content (AvgIpc) is 2.27. The van der Waals surface area contributed by atoms with Crippen LogP contribution in [0.15, 0.2) is 36.5 Å². The standard InChI is InChI=1S/C15H17NO/c1-11-7-12(2)9-14(8-11)17-10-15-13(3)5-4-6-16-15/h4-9H,10H2,1-3H3. The first-order valence-electron chi connectivity index (χ1n) is 5.77. The lowest BCUT2D eigenvalue weighted by atomic mass is 10.1. The van der Waals surface area contributed by atoms with Crippen LogP contribution in [-0.2, 0) is 6.61 Å². The molecule has 0 saturated heterocycles. The van der Waals surface area contributed by atoms with Crippen molar-refractivity contribution in [2.24, 2.45) is 0 Å². The van der Waals surface area contributed by atoms with Crippen LogP contribution < -0.4 is 4.74 Å². The fourth-order valence-electron chi connectivity index (χ4n) is 1.84. The third-order valence-corrected chi connectivity index (χ3v) is 2.69. The van der Waals surface area contributed by atoms with Crippen LogP contribution in [0.4, 0.5) is 0 Å². The number of rotatable bonds is 3. The lowest BCUT2D eigenvalue weighted by molar-refractivity contribution is 0.300. The van der Waals surface area contributed by atoms with Crippen molar-refractivity contribution < 1.29 is 4.74 Å². The predicted molar refractivity (Wildman–Crippen MR) is 69.2 cm³/mol. The molecule has 0 radical (unpaired) electrons. The Morgan fingerprint density at radius 2 is 1.76 bits per heavy atom. The highest BCUT2D eigenvalue weighted by Gasteiger charge is 2.01. The van der Waals surface area contributed by atoms with Crippen LogP contribution in [-0.4, -0.2) is 4.98 Å². The van der Waals surface area contributed by atoms with Gasteiger partial charge in [-0.05, 0) is 55.7 Å². The molecule has 1 heterocycles. The largest absolute Gasteiger partial charge is 0.487 e. The van der Waals surface area contributed by atoms with Crippen molar-refractivity contribution in [3.8, 4) is 5.75 Å². The van der Waals surface area contributed by atoms with Crippen molar-refractivity contribution in [2.45, 2.75) is 27.4 Å². The van der Waals surface area contributed by atoms with E-state index in [1.165, 1.54) is 11.1 Å². The zero-order valence-electron chi connectivity index (χ0n) is 10.5. The average molecular weight is 227 g/mol. The fraction of sp³-hybridized carbons (Fsp3) is 0.267. The first kappa shape index (κ1) is 11.6. The zero-order chi connectivity index (χ0) is 12.3. The van der Waals surface area contributed by atoms with Crippen molar-refractivity contribution in [3.63, 3.8) is 0 Å². The Labute approximate surface area is 102 Å². The van der Waals surface area contributed by atoms with Gasteiger partial charge >= 0.3 is 0 Å². The highest BCUT2D eigenvalue weighted by Crippen LogP contribution is 2.17. The predicted octanol–water partition coefficient (Wildman–Crippen LogP) is 3.59. The number of nitrogens with zero attached hydrogens (tertiary/aromatic N) is 1. The first-order valence-corrected chi connectivity index (χ1v) is 5.77. The molecule has 2 rings (SSSR count). The van der Waals surface area contributed by atoms with Gasteiger partial charge in [0.15, 0.2) is 0 Å². The summed E-state index contributed by atoms with van der Waals surface area (Å²) < 4.78 is 5.77. The van der Waals surface area contributed by atoms with E-state index in [4.69, 9.17) is 4.74 Å². The van der Waals surface area contributed by atoms with Crippen LogP contribution in [0.25, 0.3) is 0 Å². The molecule has 0 aliphatic carbocycles. The maximum atomic E-state index is 5.77. The zero-order valence-corrected chi connectivity index (χ0v) is 10.5. The molecule has 0 aliphatic rings. The molecule has 0 aliphatic heterocycles. The minimum atomic E-state index is 0.523. The highest BCUT2D eigenvalue weighted by molar-refractivity contribution is 5.33. The number of pyridine rings is 1. The quantitative estimate of drug-likeness (QED) is 0.799. The number of ether oxygens (including phenoxy) is 1. The molecular formula is C15H17NO. The van der Waals surface area contributed by atoms with E-state index < -0.39 is 0 Å². The second-order valence-corrected chi connectivity index (χ2v) is 4.38. The molecule has 1 aromatic heterocycles. The van der Waals surface area contributed by atoms with Gasteiger partial charge in [0.2, 0.25) is 0 Å². The Bertz CT molecular complexity index is 500. The van der Waals surface area contributed by atoms with Gasteiger partial charge in [-0.3, -0.25) is 4.98 Å². The van der Waals surface area contributed by atoms with Crippen LogP contribution >= 0.6 is 0 Å². The number of hydrogen-bond donors (Lipinski definition) is 0. The monoisotopic (exact) mass is 227 g/mol. The summed E-state index contributed by atoms with van der Waals surface area (Å²) in [6.07, 6.45) is 1.80. The van der Waals surface area contributed by atoms with E-state index in [1.807, 2.05) is 31.2 Å². The van der Waals surface area contributed by atoms with Gasteiger partial charge in [0.25, 0.3) is 0 Å². The maximum absolute atomic E-state index is 5.77.